The normalized spacial score (nSPS) is 15.9. The largest absolute Gasteiger partial charge is 0.503 e. The van der Waals surface area contributed by atoms with Gasteiger partial charge in [0, 0.05) is 42.4 Å². The zero-order chi connectivity index (χ0) is 25.7. The molecule has 1 amide bonds. The Morgan fingerprint density at radius 3 is 2.56 bits per heavy atom. The van der Waals surface area contributed by atoms with Gasteiger partial charge in [-0.2, -0.15) is 0 Å². The second-order valence-corrected chi connectivity index (χ2v) is 9.49. The lowest BCUT2D eigenvalue weighted by Gasteiger charge is -2.31. The van der Waals surface area contributed by atoms with Crippen LogP contribution < -0.4 is 0 Å². The fourth-order valence-corrected chi connectivity index (χ4v) is 5.42. The van der Waals surface area contributed by atoms with E-state index in [4.69, 9.17) is 15.0 Å². The Labute approximate surface area is 208 Å². The molecule has 0 radical (unpaired) electrons. The van der Waals surface area contributed by atoms with E-state index in [1.807, 2.05) is 17.0 Å². The van der Waals surface area contributed by atoms with E-state index in [0.717, 1.165) is 48.1 Å². The molecule has 1 aromatic carbocycles. The summed E-state index contributed by atoms with van der Waals surface area (Å²) in [5, 5.41) is 15.0. The third-order valence-electron chi connectivity index (χ3n) is 7.10. The van der Waals surface area contributed by atoms with Crippen molar-refractivity contribution in [2.24, 2.45) is 5.92 Å². The third kappa shape index (κ3) is 6.01. The highest BCUT2D eigenvalue weighted by Crippen LogP contribution is 2.32. The number of alkyl halides is 2. The first-order valence-electron chi connectivity index (χ1n) is 12.3. The van der Waals surface area contributed by atoms with Crippen molar-refractivity contribution < 1.29 is 28.6 Å². The molecule has 2 aromatic heterocycles. The predicted octanol–water partition coefficient (Wildman–Crippen LogP) is 6.10. The number of carboxylic acid groups (broad SMARTS) is 2. The SMILES string of the molecule is O=C(CC1CCCCC1)N1CCc2c(n(Cc3cccc(C(F)F)c3)c3ncccc23)C1.O=C(O)O. The summed E-state index contributed by atoms with van der Waals surface area (Å²) in [6.45, 7) is 1.76. The molecule has 1 aliphatic carbocycles. The lowest BCUT2D eigenvalue weighted by atomic mass is 9.86. The topological polar surface area (TPSA) is 95.7 Å². The van der Waals surface area contributed by atoms with Gasteiger partial charge < -0.3 is 19.7 Å². The van der Waals surface area contributed by atoms with Crippen LogP contribution in [0.2, 0.25) is 0 Å². The lowest BCUT2D eigenvalue weighted by Crippen LogP contribution is -2.37. The molecule has 0 atom stereocenters. The van der Waals surface area contributed by atoms with Gasteiger partial charge in [0.05, 0.1) is 6.54 Å². The van der Waals surface area contributed by atoms with Gasteiger partial charge in [0.2, 0.25) is 5.91 Å². The molecular formula is C27H31F2N3O4. The van der Waals surface area contributed by atoms with E-state index < -0.39 is 12.6 Å². The van der Waals surface area contributed by atoms with Crippen molar-refractivity contribution in [3.05, 3.63) is 65.0 Å². The number of hydrogen-bond donors (Lipinski definition) is 2. The van der Waals surface area contributed by atoms with Crippen LogP contribution >= 0.6 is 0 Å². The van der Waals surface area contributed by atoms with Gasteiger partial charge in [-0.25, -0.2) is 18.6 Å². The van der Waals surface area contributed by atoms with Crippen molar-refractivity contribution in [3.63, 3.8) is 0 Å². The highest BCUT2D eigenvalue weighted by atomic mass is 19.3. The molecular weight excluding hydrogens is 468 g/mol. The zero-order valence-electron chi connectivity index (χ0n) is 20.1. The van der Waals surface area contributed by atoms with Crippen molar-refractivity contribution in [3.8, 4) is 0 Å². The minimum atomic E-state index is -2.49. The van der Waals surface area contributed by atoms with E-state index in [1.54, 1.807) is 18.3 Å². The van der Waals surface area contributed by atoms with Crippen LogP contribution in [0.1, 0.15) is 67.3 Å². The monoisotopic (exact) mass is 499 g/mol. The molecule has 2 aliphatic rings. The average Bonchev–Trinajstić information content (AvgIpc) is 3.17. The van der Waals surface area contributed by atoms with Crippen LogP contribution in [-0.2, 0) is 24.3 Å². The van der Waals surface area contributed by atoms with Crippen molar-refractivity contribution in [1.29, 1.82) is 0 Å². The average molecular weight is 500 g/mol. The Balaban J connectivity index is 0.000000709. The van der Waals surface area contributed by atoms with Gasteiger partial charge in [-0.1, -0.05) is 37.5 Å². The third-order valence-corrected chi connectivity index (χ3v) is 7.10. The summed E-state index contributed by atoms with van der Waals surface area (Å²) in [5.41, 5.74) is 4.04. The molecule has 0 saturated heterocycles. The number of aromatic nitrogens is 2. The number of benzene rings is 1. The van der Waals surface area contributed by atoms with Gasteiger partial charge in [-0.05, 0) is 54.5 Å². The fourth-order valence-electron chi connectivity index (χ4n) is 5.42. The number of carbonyl (C=O) groups is 2. The first-order valence-corrected chi connectivity index (χ1v) is 12.3. The van der Waals surface area contributed by atoms with E-state index in [0.29, 0.717) is 25.4 Å². The van der Waals surface area contributed by atoms with Crippen LogP contribution in [0.3, 0.4) is 0 Å². The molecule has 5 rings (SSSR count). The molecule has 7 nitrogen and oxygen atoms in total. The minimum Gasteiger partial charge on any atom is -0.450 e. The lowest BCUT2D eigenvalue weighted by molar-refractivity contribution is -0.133. The molecule has 0 bridgehead atoms. The van der Waals surface area contributed by atoms with E-state index in [1.165, 1.54) is 30.9 Å². The van der Waals surface area contributed by atoms with E-state index in [-0.39, 0.29) is 11.5 Å². The Bertz CT molecular complexity index is 1220. The van der Waals surface area contributed by atoms with Crippen LogP contribution in [0, 0.1) is 5.92 Å². The van der Waals surface area contributed by atoms with Gasteiger partial charge in [0.25, 0.3) is 6.43 Å². The minimum absolute atomic E-state index is 0.0325. The summed E-state index contributed by atoms with van der Waals surface area (Å²) < 4.78 is 28.6. The van der Waals surface area contributed by atoms with Crippen LogP contribution in [0.4, 0.5) is 13.6 Å². The maximum Gasteiger partial charge on any atom is 0.503 e. The number of hydrogen-bond acceptors (Lipinski definition) is 3. The first-order chi connectivity index (χ1) is 17.3. The summed E-state index contributed by atoms with van der Waals surface area (Å²) >= 11 is 0. The molecule has 2 N–H and O–H groups in total. The molecule has 3 aromatic rings. The predicted molar refractivity (Wildman–Crippen MR) is 131 cm³/mol. The Morgan fingerprint density at radius 1 is 1.08 bits per heavy atom. The maximum absolute atomic E-state index is 13.2. The number of pyridine rings is 1. The highest BCUT2D eigenvalue weighted by Gasteiger charge is 2.28. The smallest absolute Gasteiger partial charge is 0.450 e. The van der Waals surface area contributed by atoms with Crippen molar-refractivity contribution in [1.82, 2.24) is 14.5 Å². The highest BCUT2D eigenvalue weighted by molar-refractivity contribution is 5.84. The molecule has 9 heteroatoms. The van der Waals surface area contributed by atoms with E-state index in [9.17, 15) is 13.6 Å². The summed E-state index contributed by atoms with van der Waals surface area (Å²) in [6.07, 6.45) is 4.98. The number of nitrogens with zero attached hydrogens (tertiary/aromatic N) is 3. The number of rotatable bonds is 5. The molecule has 1 saturated carbocycles. The molecule has 192 valence electrons. The number of carbonyl (C=O) groups excluding carboxylic acids is 1. The molecule has 3 heterocycles. The second-order valence-electron chi connectivity index (χ2n) is 9.49. The van der Waals surface area contributed by atoms with Crippen molar-refractivity contribution in [2.75, 3.05) is 6.54 Å². The number of amides is 1. The van der Waals surface area contributed by atoms with Crippen molar-refractivity contribution >= 4 is 23.1 Å². The summed E-state index contributed by atoms with van der Waals surface area (Å²) in [4.78, 5) is 28.3. The molecule has 1 fully saturated rings. The van der Waals surface area contributed by atoms with Gasteiger partial charge in [0.15, 0.2) is 0 Å². The molecule has 36 heavy (non-hydrogen) atoms. The summed E-state index contributed by atoms with van der Waals surface area (Å²) in [7, 11) is 0. The van der Waals surface area contributed by atoms with E-state index >= 15 is 0 Å². The molecule has 1 aliphatic heterocycles. The fraction of sp³-hybridized carbons (Fsp3) is 0.444. The van der Waals surface area contributed by atoms with Crippen LogP contribution in [0.25, 0.3) is 11.0 Å². The van der Waals surface area contributed by atoms with E-state index in [2.05, 4.69) is 15.6 Å². The number of halogens is 2. The Kier molecular flexibility index (Phi) is 8.18. The van der Waals surface area contributed by atoms with Gasteiger partial charge in [-0.3, -0.25) is 4.79 Å². The Morgan fingerprint density at radius 2 is 1.83 bits per heavy atom. The maximum atomic E-state index is 13.2. The summed E-state index contributed by atoms with van der Waals surface area (Å²) in [6, 6.07) is 10.6. The summed E-state index contributed by atoms with van der Waals surface area (Å²) in [5.74, 6) is 0.759. The quantitative estimate of drug-likeness (QED) is 0.442. The van der Waals surface area contributed by atoms with Gasteiger partial charge in [-0.15, -0.1) is 0 Å². The number of fused-ring (bicyclic) bond motifs is 3. The Hall–Kier alpha value is -3.49. The van der Waals surface area contributed by atoms with Gasteiger partial charge in [0.1, 0.15) is 5.65 Å². The standard InChI is InChI=1S/C26H29F2N3O.CH2O3/c27-25(28)20-9-4-8-19(14-20)16-31-23-17-30(24(32)15-18-6-2-1-3-7-18)13-11-21(23)22-10-5-12-29-26(22)31;2-1(3)4/h4-5,8-10,12,14,18,25H,1-3,6-7,11,13,15-17H2;(H2,2,3,4). The van der Waals surface area contributed by atoms with Crippen LogP contribution in [0.15, 0.2) is 42.6 Å². The second kappa shape index (κ2) is 11.5. The first kappa shape index (κ1) is 25.6. The van der Waals surface area contributed by atoms with Crippen LogP contribution in [0.5, 0.6) is 0 Å². The zero-order valence-corrected chi connectivity index (χ0v) is 20.1. The molecule has 0 unspecified atom stereocenters. The van der Waals surface area contributed by atoms with Crippen LogP contribution in [-0.4, -0.2) is 43.3 Å². The molecule has 0 spiro atoms. The van der Waals surface area contributed by atoms with Crippen molar-refractivity contribution in [2.45, 2.75) is 64.5 Å². The van der Waals surface area contributed by atoms with Gasteiger partial charge >= 0.3 is 6.16 Å².